The summed E-state index contributed by atoms with van der Waals surface area (Å²) >= 11 is 0. The van der Waals surface area contributed by atoms with Crippen molar-refractivity contribution in [2.75, 3.05) is 6.61 Å². The van der Waals surface area contributed by atoms with Crippen LogP contribution in [0.3, 0.4) is 0 Å². The standard InChI is InChI=1S/C10H21NO/c1-3-10(11,4-2)8-9-6-5-7-12-9/h9H,3-8,11H2,1-2H3. The van der Waals surface area contributed by atoms with E-state index in [1.165, 1.54) is 12.8 Å². The molecule has 0 aromatic carbocycles. The summed E-state index contributed by atoms with van der Waals surface area (Å²) in [6, 6.07) is 0. The molecule has 1 atom stereocenters. The highest BCUT2D eigenvalue weighted by Gasteiger charge is 2.27. The summed E-state index contributed by atoms with van der Waals surface area (Å²) in [7, 11) is 0. The van der Waals surface area contributed by atoms with E-state index >= 15 is 0 Å². The maximum absolute atomic E-state index is 6.20. The molecule has 0 radical (unpaired) electrons. The van der Waals surface area contributed by atoms with E-state index in [2.05, 4.69) is 13.8 Å². The van der Waals surface area contributed by atoms with E-state index in [0.29, 0.717) is 6.10 Å². The third-order valence-electron chi connectivity index (χ3n) is 3.07. The van der Waals surface area contributed by atoms with Crippen LogP contribution < -0.4 is 5.73 Å². The van der Waals surface area contributed by atoms with Gasteiger partial charge >= 0.3 is 0 Å². The summed E-state index contributed by atoms with van der Waals surface area (Å²) in [5, 5.41) is 0. The summed E-state index contributed by atoms with van der Waals surface area (Å²) in [6.45, 7) is 5.27. The van der Waals surface area contributed by atoms with Gasteiger partial charge in [-0.3, -0.25) is 0 Å². The molecule has 2 N–H and O–H groups in total. The molecule has 72 valence electrons. The molecule has 1 unspecified atom stereocenters. The summed E-state index contributed by atoms with van der Waals surface area (Å²) in [4.78, 5) is 0. The first-order valence-electron chi connectivity index (χ1n) is 5.10. The Hall–Kier alpha value is -0.0800. The van der Waals surface area contributed by atoms with Crippen LogP contribution in [0.5, 0.6) is 0 Å². The molecule has 0 bridgehead atoms. The smallest absolute Gasteiger partial charge is 0.0593 e. The Morgan fingerprint density at radius 2 is 2.08 bits per heavy atom. The Balaban J connectivity index is 2.35. The van der Waals surface area contributed by atoms with Crippen LogP contribution in [0.15, 0.2) is 0 Å². The van der Waals surface area contributed by atoms with Gasteiger partial charge in [-0.05, 0) is 32.1 Å². The topological polar surface area (TPSA) is 35.2 Å². The second-order valence-corrected chi connectivity index (χ2v) is 3.91. The van der Waals surface area contributed by atoms with Gasteiger partial charge < -0.3 is 10.5 Å². The maximum Gasteiger partial charge on any atom is 0.0593 e. The minimum atomic E-state index is 0.0228. The van der Waals surface area contributed by atoms with Crippen molar-refractivity contribution in [2.24, 2.45) is 5.73 Å². The van der Waals surface area contributed by atoms with Crippen molar-refractivity contribution in [1.29, 1.82) is 0 Å². The monoisotopic (exact) mass is 171 g/mol. The highest BCUT2D eigenvalue weighted by atomic mass is 16.5. The van der Waals surface area contributed by atoms with Crippen molar-refractivity contribution < 1.29 is 4.74 Å². The number of hydrogen-bond acceptors (Lipinski definition) is 2. The lowest BCUT2D eigenvalue weighted by Gasteiger charge is -2.29. The summed E-state index contributed by atoms with van der Waals surface area (Å²) in [6.07, 6.45) is 6.02. The molecule has 1 fully saturated rings. The maximum atomic E-state index is 6.20. The number of rotatable bonds is 4. The lowest BCUT2D eigenvalue weighted by atomic mass is 9.87. The number of hydrogen-bond donors (Lipinski definition) is 1. The first-order valence-corrected chi connectivity index (χ1v) is 5.10. The van der Waals surface area contributed by atoms with Gasteiger partial charge in [0, 0.05) is 12.1 Å². The lowest BCUT2D eigenvalue weighted by molar-refractivity contribution is 0.0811. The minimum absolute atomic E-state index is 0.0228. The zero-order valence-electron chi connectivity index (χ0n) is 8.31. The highest BCUT2D eigenvalue weighted by molar-refractivity contribution is 4.85. The first kappa shape index (κ1) is 10.0. The Labute approximate surface area is 75.5 Å². The van der Waals surface area contributed by atoms with Gasteiger partial charge in [-0.15, -0.1) is 0 Å². The van der Waals surface area contributed by atoms with Crippen molar-refractivity contribution in [2.45, 2.75) is 57.6 Å². The largest absolute Gasteiger partial charge is 0.378 e. The zero-order valence-corrected chi connectivity index (χ0v) is 8.31. The fraction of sp³-hybridized carbons (Fsp3) is 1.00. The van der Waals surface area contributed by atoms with E-state index in [1.807, 2.05) is 0 Å². The quantitative estimate of drug-likeness (QED) is 0.702. The van der Waals surface area contributed by atoms with Crippen LogP contribution in [0.25, 0.3) is 0 Å². The summed E-state index contributed by atoms with van der Waals surface area (Å²) in [5.74, 6) is 0. The van der Waals surface area contributed by atoms with E-state index in [-0.39, 0.29) is 5.54 Å². The molecule has 2 nitrogen and oxygen atoms in total. The second kappa shape index (κ2) is 4.24. The van der Waals surface area contributed by atoms with Gasteiger partial charge in [-0.2, -0.15) is 0 Å². The van der Waals surface area contributed by atoms with Gasteiger partial charge in [-0.1, -0.05) is 13.8 Å². The minimum Gasteiger partial charge on any atom is -0.378 e. The third kappa shape index (κ3) is 2.46. The average Bonchev–Trinajstić information content (AvgIpc) is 2.57. The predicted molar refractivity (Wildman–Crippen MR) is 51.1 cm³/mol. The Morgan fingerprint density at radius 3 is 2.50 bits per heavy atom. The molecule has 0 aromatic rings. The highest BCUT2D eigenvalue weighted by Crippen LogP contribution is 2.25. The molecule has 2 heteroatoms. The van der Waals surface area contributed by atoms with Crippen LogP contribution in [0.1, 0.15) is 46.0 Å². The second-order valence-electron chi connectivity index (χ2n) is 3.91. The van der Waals surface area contributed by atoms with Crippen LogP contribution in [0.4, 0.5) is 0 Å². The predicted octanol–water partition coefficient (Wildman–Crippen LogP) is 2.07. The summed E-state index contributed by atoms with van der Waals surface area (Å²) < 4.78 is 5.57. The number of nitrogens with two attached hydrogens (primary N) is 1. The third-order valence-corrected chi connectivity index (χ3v) is 3.07. The van der Waals surface area contributed by atoms with Gasteiger partial charge in [0.05, 0.1) is 6.10 Å². The molecule has 12 heavy (non-hydrogen) atoms. The van der Waals surface area contributed by atoms with Crippen LogP contribution in [0.2, 0.25) is 0 Å². The summed E-state index contributed by atoms with van der Waals surface area (Å²) in [5.41, 5.74) is 6.22. The Morgan fingerprint density at radius 1 is 1.42 bits per heavy atom. The van der Waals surface area contributed by atoms with E-state index in [1.54, 1.807) is 0 Å². The van der Waals surface area contributed by atoms with E-state index in [4.69, 9.17) is 10.5 Å². The first-order chi connectivity index (χ1) is 5.70. The van der Waals surface area contributed by atoms with Crippen molar-refractivity contribution in [3.63, 3.8) is 0 Å². The van der Waals surface area contributed by atoms with Gasteiger partial charge in [-0.25, -0.2) is 0 Å². The van der Waals surface area contributed by atoms with Crippen LogP contribution >= 0.6 is 0 Å². The Kier molecular flexibility index (Phi) is 3.53. The SMILES string of the molecule is CCC(N)(CC)CC1CCCO1. The zero-order chi connectivity index (χ0) is 9.03. The van der Waals surface area contributed by atoms with Crippen molar-refractivity contribution in [3.8, 4) is 0 Å². The molecular weight excluding hydrogens is 150 g/mol. The molecule has 0 spiro atoms. The molecule has 0 aromatic heterocycles. The van der Waals surface area contributed by atoms with Crippen molar-refractivity contribution >= 4 is 0 Å². The van der Waals surface area contributed by atoms with E-state index in [9.17, 15) is 0 Å². The van der Waals surface area contributed by atoms with Crippen molar-refractivity contribution in [1.82, 2.24) is 0 Å². The molecule has 1 aliphatic rings. The van der Waals surface area contributed by atoms with E-state index < -0.39 is 0 Å². The van der Waals surface area contributed by atoms with Gasteiger partial charge in [0.25, 0.3) is 0 Å². The van der Waals surface area contributed by atoms with Gasteiger partial charge in [0.15, 0.2) is 0 Å². The Bertz CT molecular complexity index is 126. The van der Waals surface area contributed by atoms with Crippen LogP contribution in [-0.2, 0) is 4.74 Å². The molecule has 0 saturated carbocycles. The van der Waals surface area contributed by atoms with E-state index in [0.717, 1.165) is 25.9 Å². The average molecular weight is 171 g/mol. The lowest BCUT2D eigenvalue weighted by Crippen LogP contribution is -2.41. The fourth-order valence-electron chi connectivity index (χ4n) is 1.80. The van der Waals surface area contributed by atoms with Crippen LogP contribution in [0, 0.1) is 0 Å². The fourth-order valence-corrected chi connectivity index (χ4v) is 1.80. The number of ether oxygens (including phenoxy) is 1. The normalized spacial score (nSPS) is 24.8. The molecule has 1 heterocycles. The molecule has 1 rings (SSSR count). The molecule has 1 saturated heterocycles. The molecule has 0 amide bonds. The van der Waals surface area contributed by atoms with Crippen molar-refractivity contribution in [3.05, 3.63) is 0 Å². The van der Waals surface area contributed by atoms with Gasteiger partial charge in [0.1, 0.15) is 0 Å². The molecule has 1 aliphatic heterocycles. The molecular formula is C10H21NO. The van der Waals surface area contributed by atoms with Gasteiger partial charge in [0.2, 0.25) is 0 Å². The molecule has 0 aliphatic carbocycles. The van der Waals surface area contributed by atoms with Crippen LogP contribution in [-0.4, -0.2) is 18.2 Å².